The topological polar surface area (TPSA) is 136 Å². The number of nitrogens with one attached hydrogen (secondary N) is 1. The molecule has 33 heavy (non-hydrogen) atoms. The third-order valence-electron chi connectivity index (χ3n) is 4.50. The van der Waals surface area contributed by atoms with E-state index in [1.54, 1.807) is 18.2 Å². The van der Waals surface area contributed by atoms with E-state index in [2.05, 4.69) is 10.4 Å². The summed E-state index contributed by atoms with van der Waals surface area (Å²) in [6, 6.07) is 17.9. The number of para-hydroxylation sites is 1. The number of rotatable bonds is 7. The average Bonchev–Trinajstić information content (AvgIpc) is 3.46. The summed E-state index contributed by atoms with van der Waals surface area (Å²) in [5, 5.41) is 27.1. The number of nitriles is 1. The molecule has 164 valence electrons. The fraction of sp³-hybridized carbons (Fsp3) is 0.0455. The number of non-ortho nitro benzene ring substituents is 1. The van der Waals surface area contributed by atoms with Crippen LogP contribution in [0.4, 0.5) is 11.5 Å². The Kier molecular flexibility index (Phi) is 6.06. The van der Waals surface area contributed by atoms with Gasteiger partial charge in [0.2, 0.25) is 0 Å². The Morgan fingerprint density at radius 3 is 2.73 bits per heavy atom. The standard InChI is InChI=1S/C22H14ClN5O5/c23-18-10-16(28(30)31)6-8-19(18)32-13-17-7-9-20(33-17)22(29)26-21-14(11-24)12-25-27(21)15-4-2-1-3-5-15/h1-10,12H,13H2,(H,26,29). The smallest absolute Gasteiger partial charge is 0.292 e. The maximum Gasteiger partial charge on any atom is 0.292 e. The van der Waals surface area contributed by atoms with Crippen molar-refractivity contribution in [3.05, 3.63) is 99.1 Å². The molecule has 2 aromatic heterocycles. The molecule has 0 aliphatic rings. The highest BCUT2D eigenvalue weighted by Gasteiger charge is 2.19. The van der Waals surface area contributed by atoms with E-state index in [1.165, 1.54) is 35.1 Å². The molecule has 4 rings (SSSR count). The van der Waals surface area contributed by atoms with Gasteiger partial charge in [-0.15, -0.1) is 0 Å². The number of nitro benzene ring substituents is 1. The molecule has 0 aliphatic heterocycles. The number of amides is 1. The molecule has 0 bridgehead atoms. The summed E-state index contributed by atoms with van der Waals surface area (Å²) in [7, 11) is 0. The van der Waals surface area contributed by atoms with Gasteiger partial charge in [0.1, 0.15) is 29.7 Å². The lowest BCUT2D eigenvalue weighted by Crippen LogP contribution is -2.15. The number of halogens is 1. The molecule has 0 saturated carbocycles. The molecule has 10 nitrogen and oxygen atoms in total. The highest BCUT2D eigenvalue weighted by atomic mass is 35.5. The van der Waals surface area contributed by atoms with Crippen LogP contribution in [-0.2, 0) is 6.61 Å². The van der Waals surface area contributed by atoms with Crippen molar-refractivity contribution in [3.63, 3.8) is 0 Å². The molecule has 0 saturated heterocycles. The third-order valence-corrected chi connectivity index (χ3v) is 4.80. The Hall–Kier alpha value is -4.62. The minimum Gasteiger partial charge on any atom is -0.484 e. The number of carbonyl (C=O) groups excluding carboxylic acids is 1. The van der Waals surface area contributed by atoms with Crippen LogP contribution in [0.2, 0.25) is 5.02 Å². The van der Waals surface area contributed by atoms with Gasteiger partial charge in [-0.2, -0.15) is 10.4 Å². The van der Waals surface area contributed by atoms with Crippen LogP contribution in [0.15, 0.2) is 71.3 Å². The summed E-state index contributed by atoms with van der Waals surface area (Å²) in [5.41, 5.74) is 0.703. The number of aromatic nitrogens is 2. The quantitative estimate of drug-likeness (QED) is 0.309. The first kappa shape index (κ1) is 21.6. The monoisotopic (exact) mass is 463 g/mol. The van der Waals surface area contributed by atoms with Crippen molar-refractivity contribution in [3.8, 4) is 17.5 Å². The van der Waals surface area contributed by atoms with Gasteiger partial charge in [0.05, 0.1) is 21.8 Å². The number of benzene rings is 2. The molecule has 11 heteroatoms. The Balaban J connectivity index is 1.47. The van der Waals surface area contributed by atoms with Gasteiger partial charge in [-0.1, -0.05) is 29.8 Å². The summed E-state index contributed by atoms with van der Waals surface area (Å²) in [5.74, 6) is 0.180. The fourth-order valence-electron chi connectivity index (χ4n) is 2.93. The number of ether oxygens (including phenoxy) is 1. The second-order valence-electron chi connectivity index (χ2n) is 6.65. The van der Waals surface area contributed by atoms with Crippen molar-refractivity contribution < 1.29 is 18.9 Å². The second-order valence-corrected chi connectivity index (χ2v) is 7.05. The summed E-state index contributed by atoms with van der Waals surface area (Å²) in [6.07, 6.45) is 1.36. The first-order valence-corrected chi connectivity index (χ1v) is 9.84. The number of anilines is 1. The van der Waals surface area contributed by atoms with Crippen molar-refractivity contribution in [2.45, 2.75) is 6.61 Å². The second kappa shape index (κ2) is 9.25. The molecule has 0 radical (unpaired) electrons. The van der Waals surface area contributed by atoms with E-state index in [1.807, 2.05) is 24.3 Å². The number of furan rings is 1. The number of hydrogen-bond donors (Lipinski definition) is 1. The first-order chi connectivity index (χ1) is 16.0. The van der Waals surface area contributed by atoms with Gasteiger partial charge < -0.3 is 14.5 Å². The maximum absolute atomic E-state index is 12.7. The van der Waals surface area contributed by atoms with Crippen molar-refractivity contribution >= 4 is 29.0 Å². The Morgan fingerprint density at radius 1 is 1.24 bits per heavy atom. The van der Waals surface area contributed by atoms with Crippen molar-refractivity contribution in [2.75, 3.05) is 5.32 Å². The minimum absolute atomic E-state index is 0.00639. The van der Waals surface area contributed by atoms with Gasteiger partial charge in [0.25, 0.3) is 11.6 Å². The molecular formula is C22H14ClN5O5. The van der Waals surface area contributed by atoms with Crippen LogP contribution < -0.4 is 10.1 Å². The van der Waals surface area contributed by atoms with E-state index in [4.69, 9.17) is 20.8 Å². The minimum atomic E-state index is -0.580. The van der Waals surface area contributed by atoms with Gasteiger partial charge in [-0.05, 0) is 30.3 Å². The summed E-state index contributed by atoms with van der Waals surface area (Å²) in [6.45, 7) is -0.0593. The predicted molar refractivity (Wildman–Crippen MR) is 117 cm³/mol. The molecule has 4 aromatic rings. The van der Waals surface area contributed by atoms with Crippen LogP contribution in [0.5, 0.6) is 5.75 Å². The molecule has 2 heterocycles. The molecule has 0 aliphatic carbocycles. The molecule has 1 amide bonds. The normalized spacial score (nSPS) is 10.4. The van der Waals surface area contributed by atoms with Crippen LogP contribution in [0, 0.1) is 21.4 Å². The largest absolute Gasteiger partial charge is 0.484 e. The lowest BCUT2D eigenvalue weighted by Gasteiger charge is -2.08. The van der Waals surface area contributed by atoms with Crippen LogP contribution in [-0.4, -0.2) is 20.6 Å². The highest BCUT2D eigenvalue weighted by Crippen LogP contribution is 2.29. The van der Waals surface area contributed by atoms with Crippen LogP contribution in [0.1, 0.15) is 21.9 Å². The number of nitrogens with zero attached hydrogens (tertiary/aromatic N) is 4. The average molecular weight is 464 g/mol. The van der Waals surface area contributed by atoms with Gasteiger partial charge in [0, 0.05) is 12.1 Å². The van der Waals surface area contributed by atoms with E-state index in [9.17, 15) is 20.2 Å². The lowest BCUT2D eigenvalue weighted by molar-refractivity contribution is -0.384. The predicted octanol–water partition coefficient (Wildman–Crippen LogP) is 4.73. The van der Waals surface area contributed by atoms with E-state index < -0.39 is 10.8 Å². The van der Waals surface area contributed by atoms with Gasteiger partial charge in [-0.25, -0.2) is 4.68 Å². The van der Waals surface area contributed by atoms with Gasteiger partial charge >= 0.3 is 0 Å². The summed E-state index contributed by atoms with van der Waals surface area (Å²) < 4.78 is 12.5. The summed E-state index contributed by atoms with van der Waals surface area (Å²) >= 11 is 6.01. The fourth-order valence-corrected chi connectivity index (χ4v) is 3.16. The third kappa shape index (κ3) is 4.68. The molecule has 0 atom stereocenters. The van der Waals surface area contributed by atoms with Crippen LogP contribution in [0.3, 0.4) is 0 Å². The van der Waals surface area contributed by atoms with Crippen LogP contribution >= 0.6 is 11.6 Å². The molecule has 0 fully saturated rings. The molecule has 1 N–H and O–H groups in total. The number of hydrogen-bond acceptors (Lipinski definition) is 7. The Bertz CT molecular complexity index is 1370. The van der Waals surface area contributed by atoms with E-state index in [0.29, 0.717) is 11.4 Å². The molecule has 0 spiro atoms. The van der Waals surface area contributed by atoms with Crippen LogP contribution in [0.25, 0.3) is 5.69 Å². The lowest BCUT2D eigenvalue weighted by atomic mass is 10.3. The Morgan fingerprint density at radius 2 is 2.03 bits per heavy atom. The SMILES string of the molecule is N#Cc1cnn(-c2ccccc2)c1NC(=O)c1ccc(COc2ccc([N+](=O)[O-])cc2Cl)o1. The van der Waals surface area contributed by atoms with Gasteiger partial charge in [-0.3, -0.25) is 14.9 Å². The van der Waals surface area contributed by atoms with Crippen molar-refractivity contribution in [2.24, 2.45) is 0 Å². The zero-order valence-corrected chi connectivity index (χ0v) is 17.5. The van der Waals surface area contributed by atoms with E-state index in [-0.39, 0.29) is 40.2 Å². The van der Waals surface area contributed by atoms with E-state index >= 15 is 0 Å². The zero-order chi connectivity index (χ0) is 23.4. The Labute approximate surface area is 191 Å². The molecule has 2 aromatic carbocycles. The first-order valence-electron chi connectivity index (χ1n) is 9.46. The van der Waals surface area contributed by atoms with Crippen molar-refractivity contribution in [1.82, 2.24) is 9.78 Å². The number of nitro groups is 1. The zero-order valence-electron chi connectivity index (χ0n) is 16.8. The van der Waals surface area contributed by atoms with E-state index in [0.717, 1.165) is 0 Å². The molecular weight excluding hydrogens is 450 g/mol. The maximum atomic E-state index is 12.7. The summed E-state index contributed by atoms with van der Waals surface area (Å²) in [4.78, 5) is 23.0. The molecule has 0 unspecified atom stereocenters. The van der Waals surface area contributed by atoms with Crippen molar-refractivity contribution in [1.29, 1.82) is 5.26 Å². The van der Waals surface area contributed by atoms with Gasteiger partial charge in [0.15, 0.2) is 11.6 Å². The number of carbonyl (C=O) groups is 1. The highest BCUT2D eigenvalue weighted by molar-refractivity contribution is 6.32.